The van der Waals surface area contributed by atoms with E-state index in [4.69, 9.17) is 0 Å². The molecule has 104 valence electrons. The van der Waals surface area contributed by atoms with Crippen LogP contribution in [0.1, 0.15) is 53.6 Å². The van der Waals surface area contributed by atoms with Crippen LogP contribution in [0.25, 0.3) is 0 Å². The molecule has 2 rings (SSSR count). The minimum atomic E-state index is 0.288. The average Bonchev–Trinajstić information content (AvgIpc) is 2.63. The van der Waals surface area contributed by atoms with Gasteiger partial charge in [-0.05, 0) is 51.9 Å². The molecular weight excluding hydrogens is 234 g/mol. The molecule has 1 saturated heterocycles. The van der Waals surface area contributed by atoms with E-state index < -0.39 is 0 Å². The van der Waals surface area contributed by atoms with E-state index in [1.165, 1.54) is 49.9 Å². The van der Waals surface area contributed by atoms with Crippen LogP contribution in [-0.4, -0.2) is 30.3 Å². The third-order valence-corrected chi connectivity index (χ3v) is 3.90. The van der Waals surface area contributed by atoms with Crippen molar-refractivity contribution in [2.24, 2.45) is 0 Å². The number of carbonyl (C=O) groups is 1. The molecule has 0 N–H and O–H groups in total. The molecule has 0 atom stereocenters. The summed E-state index contributed by atoms with van der Waals surface area (Å²) in [6, 6.07) is 6.14. The lowest BCUT2D eigenvalue weighted by Gasteiger charge is -2.19. The lowest BCUT2D eigenvalue weighted by atomic mass is 10.0. The highest BCUT2D eigenvalue weighted by Crippen LogP contribution is 2.13. The minimum absolute atomic E-state index is 0.288. The quantitative estimate of drug-likeness (QED) is 0.767. The van der Waals surface area contributed by atoms with Crippen LogP contribution < -0.4 is 0 Å². The zero-order chi connectivity index (χ0) is 13.7. The second kappa shape index (κ2) is 6.85. The average molecular weight is 259 g/mol. The van der Waals surface area contributed by atoms with E-state index >= 15 is 0 Å². The van der Waals surface area contributed by atoms with Gasteiger partial charge in [0.1, 0.15) is 0 Å². The Labute approximate surface area is 116 Å². The van der Waals surface area contributed by atoms with E-state index in [-0.39, 0.29) is 5.78 Å². The van der Waals surface area contributed by atoms with Gasteiger partial charge in [-0.25, -0.2) is 0 Å². The van der Waals surface area contributed by atoms with E-state index in [1.54, 1.807) is 0 Å². The van der Waals surface area contributed by atoms with Gasteiger partial charge in [0.25, 0.3) is 0 Å². The summed E-state index contributed by atoms with van der Waals surface area (Å²) in [5.74, 6) is 0.288. The largest absolute Gasteiger partial charge is 0.303 e. The molecule has 2 nitrogen and oxygen atoms in total. The third-order valence-electron chi connectivity index (χ3n) is 3.90. The second-order valence-electron chi connectivity index (χ2n) is 5.81. The van der Waals surface area contributed by atoms with Gasteiger partial charge >= 0.3 is 0 Å². The van der Waals surface area contributed by atoms with Gasteiger partial charge < -0.3 is 4.90 Å². The molecule has 1 aliphatic rings. The van der Waals surface area contributed by atoms with Gasteiger partial charge in [-0.15, -0.1) is 0 Å². The molecule has 1 heterocycles. The number of ketones is 1. The monoisotopic (exact) mass is 259 g/mol. The SMILES string of the molecule is Cc1cc(C)cc(C(=O)CCN2CCCCCC2)c1. The molecular formula is C17H25NO. The number of hydrogen-bond donors (Lipinski definition) is 0. The molecule has 0 aromatic heterocycles. The van der Waals surface area contributed by atoms with E-state index in [0.717, 1.165) is 12.1 Å². The van der Waals surface area contributed by atoms with Crippen LogP contribution in [0.2, 0.25) is 0 Å². The van der Waals surface area contributed by atoms with Crippen LogP contribution >= 0.6 is 0 Å². The van der Waals surface area contributed by atoms with Crippen LogP contribution in [0.5, 0.6) is 0 Å². The Morgan fingerprint density at radius 1 is 1.00 bits per heavy atom. The van der Waals surface area contributed by atoms with Crippen molar-refractivity contribution < 1.29 is 4.79 Å². The van der Waals surface area contributed by atoms with Crippen LogP contribution in [-0.2, 0) is 0 Å². The molecule has 0 bridgehead atoms. The molecule has 1 aliphatic heterocycles. The normalized spacial score (nSPS) is 17.2. The van der Waals surface area contributed by atoms with Crippen molar-refractivity contribution in [1.29, 1.82) is 0 Å². The minimum Gasteiger partial charge on any atom is -0.303 e. The Morgan fingerprint density at radius 3 is 2.16 bits per heavy atom. The Morgan fingerprint density at radius 2 is 1.58 bits per heavy atom. The number of benzene rings is 1. The molecule has 1 fully saturated rings. The van der Waals surface area contributed by atoms with Crippen LogP contribution in [0, 0.1) is 13.8 Å². The van der Waals surface area contributed by atoms with Gasteiger partial charge in [0.2, 0.25) is 0 Å². The predicted molar refractivity (Wildman–Crippen MR) is 79.8 cm³/mol. The summed E-state index contributed by atoms with van der Waals surface area (Å²) in [5.41, 5.74) is 3.24. The van der Waals surface area contributed by atoms with Gasteiger partial charge in [-0.2, -0.15) is 0 Å². The van der Waals surface area contributed by atoms with Crippen LogP contribution in [0.3, 0.4) is 0 Å². The molecule has 1 aromatic carbocycles. The fourth-order valence-corrected chi connectivity index (χ4v) is 2.90. The van der Waals surface area contributed by atoms with E-state index in [2.05, 4.69) is 24.8 Å². The number of nitrogens with zero attached hydrogens (tertiary/aromatic N) is 1. The van der Waals surface area contributed by atoms with Gasteiger partial charge in [-0.3, -0.25) is 4.79 Å². The lowest BCUT2D eigenvalue weighted by Crippen LogP contribution is -2.27. The number of aryl methyl sites for hydroxylation is 2. The van der Waals surface area contributed by atoms with E-state index in [0.29, 0.717) is 6.42 Å². The van der Waals surface area contributed by atoms with Crippen LogP contribution in [0.4, 0.5) is 0 Å². The maximum absolute atomic E-state index is 12.3. The topological polar surface area (TPSA) is 20.3 Å². The van der Waals surface area contributed by atoms with E-state index in [1.807, 2.05) is 12.1 Å². The van der Waals surface area contributed by atoms with Crippen molar-refractivity contribution in [1.82, 2.24) is 4.90 Å². The highest BCUT2D eigenvalue weighted by molar-refractivity contribution is 5.96. The molecule has 1 aromatic rings. The van der Waals surface area contributed by atoms with Gasteiger partial charge in [-0.1, -0.05) is 30.0 Å². The summed E-state index contributed by atoms with van der Waals surface area (Å²) >= 11 is 0. The van der Waals surface area contributed by atoms with Crippen molar-refractivity contribution in [2.75, 3.05) is 19.6 Å². The number of likely N-dealkylation sites (tertiary alicyclic amines) is 1. The first-order chi connectivity index (χ1) is 9.15. The Bertz CT molecular complexity index is 411. The van der Waals surface area contributed by atoms with E-state index in [9.17, 15) is 4.79 Å². The summed E-state index contributed by atoms with van der Waals surface area (Å²) in [7, 11) is 0. The van der Waals surface area contributed by atoms with Crippen molar-refractivity contribution in [3.05, 3.63) is 34.9 Å². The zero-order valence-corrected chi connectivity index (χ0v) is 12.2. The molecule has 2 heteroatoms. The van der Waals surface area contributed by atoms with Gasteiger partial charge in [0.05, 0.1) is 0 Å². The number of hydrogen-bond acceptors (Lipinski definition) is 2. The van der Waals surface area contributed by atoms with Crippen molar-refractivity contribution in [3.8, 4) is 0 Å². The first-order valence-electron chi connectivity index (χ1n) is 7.49. The predicted octanol–water partition coefficient (Wildman–Crippen LogP) is 3.75. The van der Waals surface area contributed by atoms with Gasteiger partial charge in [0.15, 0.2) is 5.78 Å². The van der Waals surface area contributed by atoms with Crippen LogP contribution in [0.15, 0.2) is 18.2 Å². The number of Topliss-reactive ketones (excluding diaryl/α,β-unsaturated/α-hetero) is 1. The first kappa shape index (κ1) is 14.3. The Hall–Kier alpha value is -1.15. The Balaban J connectivity index is 1.89. The molecule has 0 aliphatic carbocycles. The highest BCUT2D eigenvalue weighted by Gasteiger charge is 2.12. The van der Waals surface area contributed by atoms with Gasteiger partial charge in [0, 0.05) is 18.5 Å². The molecule has 0 spiro atoms. The molecule has 0 amide bonds. The molecule has 0 radical (unpaired) electrons. The standard InChI is InChI=1S/C17H25NO/c1-14-11-15(2)13-16(12-14)17(19)7-10-18-8-5-3-4-6-9-18/h11-13H,3-10H2,1-2H3. The fourth-order valence-electron chi connectivity index (χ4n) is 2.90. The maximum atomic E-state index is 12.3. The maximum Gasteiger partial charge on any atom is 0.164 e. The molecule has 19 heavy (non-hydrogen) atoms. The summed E-state index contributed by atoms with van der Waals surface area (Å²) in [5, 5.41) is 0. The number of carbonyl (C=O) groups excluding carboxylic acids is 1. The smallest absolute Gasteiger partial charge is 0.164 e. The zero-order valence-electron chi connectivity index (χ0n) is 12.2. The molecule has 0 saturated carbocycles. The summed E-state index contributed by atoms with van der Waals surface area (Å²) < 4.78 is 0. The lowest BCUT2D eigenvalue weighted by molar-refractivity contribution is 0.0964. The second-order valence-corrected chi connectivity index (χ2v) is 5.81. The highest BCUT2D eigenvalue weighted by atomic mass is 16.1. The van der Waals surface area contributed by atoms with Crippen molar-refractivity contribution in [3.63, 3.8) is 0 Å². The molecule has 0 unspecified atom stereocenters. The summed E-state index contributed by atoms with van der Waals surface area (Å²) in [6.45, 7) is 7.36. The summed E-state index contributed by atoms with van der Waals surface area (Å²) in [6.07, 6.45) is 5.93. The fraction of sp³-hybridized carbons (Fsp3) is 0.588. The van der Waals surface area contributed by atoms with Crippen molar-refractivity contribution in [2.45, 2.75) is 46.0 Å². The Kier molecular flexibility index (Phi) is 5.15. The summed E-state index contributed by atoms with van der Waals surface area (Å²) in [4.78, 5) is 14.7. The van der Waals surface area contributed by atoms with Crippen molar-refractivity contribution >= 4 is 5.78 Å². The first-order valence-corrected chi connectivity index (χ1v) is 7.49. The third kappa shape index (κ3) is 4.46. The number of rotatable bonds is 4.